The second-order valence-electron chi connectivity index (χ2n) is 7.54. The van der Waals surface area contributed by atoms with E-state index in [1.165, 1.54) is 4.90 Å². The van der Waals surface area contributed by atoms with Crippen LogP contribution in [0.4, 0.5) is 10.6 Å². The van der Waals surface area contributed by atoms with Crippen molar-refractivity contribution < 1.29 is 19.4 Å². The fraction of sp³-hybridized carbons (Fsp3) is 0.579. The first-order valence-corrected chi connectivity index (χ1v) is 9.73. The lowest BCUT2D eigenvalue weighted by Crippen LogP contribution is -2.50. The van der Waals surface area contributed by atoms with Crippen LogP contribution in [0.25, 0.3) is 0 Å². The number of hydrogen-bond acceptors (Lipinski definition) is 4. The molecule has 0 atom stereocenters. The first kappa shape index (κ1) is 17.8. The summed E-state index contributed by atoms with van der Waals surface area (Å²) in [6.07, 6.45) is 5.42. The maximum absolute atomic E-state index is 12.6. The molecule has 0 radical (unpaired) electrons. The quantitative estimate of drug-likeness (QED) is 0.776. The number of piperazine rings is 1. The number of pyridine rings is 1. The molecule has 1 spiro atoms. The summed E-state index contributed by atoms with van der Waals surface area (Å²) in [5, 5.41) is 2.86. The van der Waals surface area contributed by atoms with Crippen molar-refractivity contribution in [2.24, 2.45) is 0 Å². The van der Waals surface area contributed by atoms with Crippen molar-refractivity contribution in [3.8, 4) is 0 Å². The van der Waals surface area contributed by atoms with E-state index < -0.39 is 5.54 Å². The molecule has 1 aromatic heterocycles. The van der Waals surface area contributed by atoms with E-state index in [0.29, 0.717) is 25.9 Å². The summed E-state index contributed by atoms with van der Waals surface area (Å²) in [6.45, 7) is 2.98. The third kappa shape index (κ3) is 3.36. The minimum absolute atomic E-state index is 0.000312. The van der Waals surface area contributed by atoms with E-state index in [-0.39, 0.29) is 30.8 Å². The largest absolute Gasteiger partial charge is 0.335 e. The van der Waals surface area contributed by atoms with Crippen molar-refractivity contribution in [2.75, 3.05) is 37.6 Å². The number of aromatic nitrogens is 1. The number of rotatable bonds is 4. The normalized spacial score (nSPS) is 21.9. The third-order valence-electron chi connectivity index (χ3n) is 5.92. The molecule has 8 heteroatoms. The average molecular weight is 372 g/mol. The zero-order valence-corrected chi connectivity index (χ0v) is 15.4. The van der Waals surface area contributed by atoms with Crippen LogP contribution in [0.5, 0.6) is 0 Å². The van der Waals surface area contributed by atoms with Gasteiger partial charge < -0.3 is 10.2 Å². The third-order valence-corrected chi connectivity index (χ3v) is 5.92. The van der Waals surface area contributed by atoms with Gasteiger partial charge in [-0.1, -0.05) is 18.9 Å². The molecule has 2 N–H and O–H groups in total. The molecule has 4 amide bonds. The van der Waals surface area contributed by atoms with Crippen LogP contribution in [0, 0.1) is 0 Å². The number of amides is 4. The lowest BCUT2D eigenvalue weighted by Gasteiger charge is -2.31. The number of imide groups is 1. The Morgan fingerprint density at radius 2 is 1.85 bits per heavy atom. The molecular formula is C19H26N5O3+. The Balaban J connectivity index is 1.28. The van der Waals surface area contributed by atoms with Gasteiger partial charge in [-0.3, -0.25) is 19.4 Å². The van der Waals surface area contributed by atoms with E-state index >= 15 is 0 Å². The summed E-state index contributed by atoms with van der Waals surface area (Å²) in [5.74, 6) is 0.896. The van der Waals surface area contributed by atoms with Crippen LogP contribution in [0.15, 0.2) is 24.4 Å². The topological polar surface area (TPSA) is 87.1 Å². The molecule has 27 heavy (non-hydrogen) atoms. The standard InChI is InChI=1S/C19H25N5O3/c25-16(23-13-11-22(12-14-23)15-5-1-4-9-20-15)6-10-24-17(26)19(21-18(24)27)7-2-3-8-19/h1,4-5,9H,2-3,6-8,10-14H2,(H,21,27)/p+1. The Bertz CT molecular complexity index is 724. The molecule has 3 aliphatic rings. The zero-order chi connectivity index (χ0) is 18.9. The van der Waals surface area contributed by atoms with E-state index in [1.54, 1.807) is 0 Å². The molecule has 0 aromatic carbocycles. The average Bonchev–Trinajstić information content (AvgIpc) is 3.26. The highest BCUT2D eigenvalue weighted by atomic mass is 16.2. The Morgan fingerprint density at radius 3 is 2.52 bits per heavy atom. The number of H-pyrrole nitrogens is 1. The van der Waals surface area contributed by atoms with Crippen molar-refractivity contribution in [1.82, 2.24) is 15.1 Å². The molecule has 3 heterocycles. The van der Waals surface area contributed by atoms with E-state index in [1.807, 2.05) is 29.3 Å². The number of aromatic amines is 1. The molecular weight excluding hydrogens is 346 g/mol. The van der Waals surface area contributed by atoms with Gasteiger partial charge in [0.25, 0.3) is 11.7 Å². The SMILES string of the molecule is O=C(CCN1C(=O)NC2(CCCC2)C1=O)N1CCN(c2cccc[nH+]2)CC1. The van der Waals surface area contributed by atoms with Gasteiger partial charge in [0.2, 0.25) is 5.91 Å². The van der Waals surface area contributed by atoms with Gasteiger partial charge in [0.1, 0.15) is 18.6 Å². The van der Waals surface area contributed by atoms with Gasteiger partial charge >= 0.3 is 6.03 Å². The van der Waals surface area contributed by atoms with Gasteiger partial charge in [-0.2, -0.15) is 0 Å². The molecule has 1 aromatic rings. The molecule has 2 saturated heterocycles. The highest BCUT2D eigenvalue weighted by molar-refractivity contribution is 6.07. The minimum atomic E-state index is -0.696. The van der Waals surface area contributed by atoms with E-state index in [2.05, 4.69) is 15.2 Å². The van der Waals surface area contributed by atoms with Crippen molar-refractivity contribution in [3.05, 3.63) is 24.4 Å². The molecule has 0 bridgehead atoms. The van der Waals surface area contributed by atoms with Crippen LogP contribution >= 0.6 is 0 Å². The summed E-state index contributed by atoms with van der Waals surface area (Å²) in [4.78, 5) is 45.9. The maximum atomic E-state index is 12.6. The van der Waals surface area contributed by atoms with E-state index in [9.17, 15) is 14.4 Å². The van der Waals surface area contributed by atoms with Gasteiger partial charge in [-0.05, 0) is 18.9 Å². The molecule has 1 saturated carbocycles. The van der Waals surface area contributed by atoms with Crippen LogP contribution in [0.1, 0.15) is 32.1 Å². The predicted octanol–water partition coefficient (Wildman–Crippen LogP) is 0.404. The van der Waals surface area contributed by atoms with Crippen LogP contribution < -0.4 is 15.2 Å². The van der Waals surface area contributed by atoms with Crippen LogP contribution in [0.3, 0.4) is 0 Å². The summed E-state index contributed by atoms with van der Waals surface area (Å²) in [5.41, 5.74) is -0.696. The number of carbonyl (C=O) groups is 3. The van der Waals surface area contributed by atoms with Gasteiger partial charge in [-0.15, -0.1) is 0 Å². The summed E-state index contributed by atoms with van der Waals surface area (Å²) >= 11 is 0. The molecule has 1 aliphatic carbocycles. The van der Waals surface area contributed by atoms with Crippen LogP contribution in [0.2, 0.25) is 0 Å². The van der Waals surface area contributed by atoms with Crippen LogP contribution in [-0.4, -0.2) is 65.9 Å². The van der Waals surface area contributed by atoms with Crippen molar-refractivity contribution in [1.29, 1.82) is 0 Å². The van der Waals surface area contributed by atoms with Gasteiger partial charge in [-0.25, -0.2) is 9.78 Å². The maximum Gasteiger partial charge on any atom is 0.325 e. The summed E-state index contributed by atoms with van der Waals surface area (Å²) in [6, 6.07) is 5.60. The second kappa shape index (κ2) is 7.17. The molecule has 3 fully saturated rings. The van der Waals surface area contributed by atoms with E-state index in [0.717, 1.165) is 31.7 Å². The molecule has 4 rings (SSSR count). The smallest absolute Gasteiger partial charge is 0.325 e. The van der Waals surface area contributed by atoms with E-state index in [4.69, 9.17) is 0 Å². The van der Waals surface area contributed by atoms with Crippen molar-refractivity contribution in [2.45, 2.75) is 37.6 Å². The number of carbonyl (C=O) groups excluding carboxylic acids is 3. The van der Waals surface area contributed by atoms with Crippen molar-refractivity contribution >= 4 is 23.7 Å². The Hall–Kier alpha value is -2.64. The Kier molecular flexibility index (Phi) is 4.72. The van der Waals surface area contributed by atoms with Gasteiger partial charge in [0, 0.05) is 19.0 Å². The van der Waals surface area contributed by atoms with Gasteiger partial charge in [0.05, 0.1) is 19.3 Å². The lowest BCUT2D eigenvalue weighted by atomic mass is 9.98. The summed E-state index contributed by atoms with van der Waals surface area (Å²) < 4.78 is 0. The van der Waals surface area contributed by atoms with Crippen molar-refractivity contribution in [3.63, 3.8) is 0 Å². The first-order chi connectivity index (χ1) is 13.1. The minimum Gasteiger partial charge on any atom is -0.335 e. The zero-order valence-electron chi connectivity index (χ0n) is 15.4. The molecule has 144 valence electrons. The first-order valence-electron chi connectivity index (χ1n) is 9.73. The highest BCUT2D eigenvalue weighted by Gasteiger charge is 2.52. The number of nitrogens with zero attached hydrogens (tertiary/aromatic N) is 3. The number of urea groups is 1. The van der Waals surface area contributed by atoms with Gasteiger partial charge in [0.15, 0.2) is 0 Å². The summed E-state index contributed by atoms with van der Waals surface area (Å²) in [7, 11) is 0. The lowest BCUT2D eigenvalue weighted by molar-refractivity contribution is -0.364. The predicted molar refractivity (Wildman–Crippen MR) is 97.9 cm³/mol. The fourth-order valence-electron chi connectivity index (χ4n) is 4.34. The number of anilines is 1. The molecule has 8 nitrogen and oxygen atoms in total. The fourth-order valence-corrected chi connectivity index (χ4v) is 4.34. The molecule has 0 unspecified atom stereocenters. The second-order valence-corrected chi connectivity index (χ2v) is 7.54. The Labute approximate surface area is 158 Å². The molecule has 2 aliphatic heterocycles. The monoisotopic (exact) mass is 372 g/mol. The highest BCUT2D eigenvalue weighted by Crippen LogP contribution is 2.35. The number of nitrogens with one attached hydrogen (secondary N) is 2. The Morgan fingerprint density at radius 1 is 1.11 bits per heavy atom. The number of hydrogen-bond donors (Lipinski definition) is 1. The van der Waals surface area contributed by atoms with Crippen LogP contribution in [-0.2, 0) is 9.59 Å².